The summed E-state index contributed by atoms with van der Waals surface area (Å²) in [6.45, 7) is 2.04. The second-order valence-corrected chi connectivity index (χ2v) is 7.58. The van der Waals surface area contributed by atoms with E-state index in [9.17, 15) is 13.0 Å². The third-order valence-corrected chi connectivity index (χ3v) is 5.45. The van der Waals surface area contributed by atoms with Crippen LogP contribution in [0.5, 0.6) is 0 Å². The Morgan fingerprint density at radius 1 is 0.808 bits per heavy atom. The number of aromatic nitrogens is 1. The van der Waals surface area contributed by atoms with E-state index in [4.69, 9.17) is 0 Å². The van der Waals surface area contributed by atoms with Crippen LogP contribution < -0.4 is 0 Å². The first-order valence-electron chi connectivity index (χ1n) is 8.20. The van der Waals surface area contributed by atoms with E-state index in [-0.39, 0.29) is 4.90 Å². The molecule has 4 nitrogen and oxygen atoms in total. The molecule has 0 aliphatic heterocycles. The largest absolute Gasteiger partial charge is 0.316 e. The van der Waals surface area contributed by atoms with Gasteiger partial charge >= 0.3 is 0 Å². The summed E-state index contributed by atoms with van der Waals surface area (Å²) in [6.07, 6.45) is 1.93. The molecule has 0 fully saturated rings. The first-order chi connectivity index (χ1) is 12.5. The maximum atomic E-state index is 11.8. The van der Waals surface area contributed by atoms with E-state index in [1.54, 1.807) is 18.2 Å². The van der Waals surface area contributed by atoms with Gasteiger partial charge in [0, 0.05) is 28.4 Å². The molecule has 0 bridgehead atoms. The molecule has 0 aliphatic carbocycles. The molecule has 0 aliphatic rings. The van der Waals surface area contributed by atoms with E-state index in [0.717, 1.165) is 27.7 Å². The normalized spacial score (nSPS) is 11.8. The Kier molecular flexibility index (Phi) is 3.90. The van der Waals surface area contributed by atoms with Gasteiger partial charge in [-0.2, -0.15) is 8.42 Å². The maximum absolute atomic E-state index is 11.8. The molecule has 1 aromatic heterocycles. The van der Waals surface area contributed by atoms with Crippen LogP contribution in [0.3, 0.4) is 0 Å². The van der Waals surface area contributed by atoms with Gasteiger partial charge in [-0.25, -0.2) is 0 Å². The number of rotatable bonds is 3. The number of aryl methyl sites for hydroxylation is 1. The lowest BCUT2D eigenvalue weighted by Gasteiger charge is -2.08. The van der Waals surface area contributed by atoms with Crippen molar-refractivity contribution in [1.82, 2.24) is 4.57 Å². The third-order valence-electron chi connectivity index (χ3n) is 4.54. The number of hydrogen-bond donors (Lipinski definition) is 1. The van der Waals surface area contributed by atoms with Crippen molar-refractivity contribution in [2.75, 3.05) is 0 Å². The molecule has 4 aromatic rings. The fourth-order valence-electron chi connectivity index (χ4n) is 3.34. The number of nitrogens with zero attached hydrogens (tertiary/aromatic N) is 1. The van der Waals surface area contributed by atoms with Crippen molar-refractivity contribution in [2.45, 2.75) is 11.8 Å². The molecule has 0 saturated carbocycles. The summed E-state index contributed by atoms with van der Waals surface area (Å²) < 4.78 is 35.4. The van der Waals surface area contributed by atoms with E-state index in [0.29, 0.717) is 5.56 Å². The first kappa shape index (κ1) is 16.6. The zero-order chi connectivity index (χ0) is 18.3. The van der Waals surface area contributed by atoms with E-state index in [1.807, 2.05) is 61.7 Å². The number of hydrogen-bond acceptors (Lipinski definition) is 2. The highest BCUT2D eigenvalue weighted by Crippen LogP contribution is 2.36. The third kappa shape index (κ3) is 2.71. The minimum Gasteiger partial charge on any atom is -0.316 e. The summed E-state index contributed by atoms with van der Waals surface area (Å²) in [5.74, 6) is 0. The SMILES string of the molecule is Cc1ccccc1-n1cc(-c2ccccc2S(=O)(=O)O)c2ccccc21. The molecule has 3 aromatic carbocycles. The van der Waals surface area contributed by atoms with Crippen LogP contribution in [0.4, 0.5) is 0 Å². The molecule has 0 unspecified atom stereocenters. The van der Waals surface area contributed by atoms with Gasteiger partial charge in [-0.05, 0) is 30.7 Å². The van der Waals surface area contributed by atoms with Crippen molar-refractivity contribution in [3.05, 3.63) is 84.6 Å². The smallest absolute Gasteiger partial charge is 0.295 e. The molecule has 0 spiro atoms. The number of para-hydroxylation sites is 2. The Morgan fingerprint density at radius 2 is 1.46 bits per heavy atom. The van der Waals surface area contributed by atoms with Crippen molar-refractivity contribution in [1.29, 1.82) is 0 Å². The Morgan fingerprint density at radius 3 is 2.23 bits per heavy atom. The lowest BCUT2D eigenvalue weighted by Crippen LogP contribution is -2.00. The highest BCUT2D eigenvalue weighted by molar-refractivity contribution is 7.86. The van der Waals surface area contributed by atoms with E-state index >= 15 is 0 Å². The second kappa shape index (κ2) is 6.12. The van der Waals surface area contributed by atoms with Crippen LogP contribution in [-0.2, 0) is 10.1 Å². The Hall–Kier alpha value is -2.89. The zero-order valence-corrected chi connectivity index (χ0v) is 14.9. The molecule has 0 saturated heterocycles. The van der Waals surface area contributed by atoms with Crippen LogP contribution in [0, 0.1) is 6.92 Å². The van der Waals surface area contributed by atoms with Crippen molar-refractivity contribution in [3.63, 3.8) is 0 Å². The lowest BCUT2D eigenvalue weighted by atomic mass is 10.1. The Bertz CT molecular complexity index is 1220. The quantitative estimate of drug-likeness (QED) is 0.529. The molecule has 0 amide bonds. The van der Waals surface area contributed by atoms with Crippen molar-refractivity contribution in [2.24, 2.45) is 0 Å². The fourth-order valence-corrected chi connectivity index (χ4v) is 4.05. The summed E-state index contributed by atoms with van der Waals surface area (Å²) in [5.41, 5.74) is 4.36. The van der Waals surface area contributed by atoms with E-state index in [1.165, 1.54) is 6.07 Å². The second-order valence-electron chi connectivity index (χ2n) is 6.19. The fraction of sp³-hybridized carbons (Fsp3) is 0.0476. The number of fused-ring (bicyclic) bond motifs is 1. The predicted octanol–water partition coefficient (Wildman–Crippen LogP) is 4.85. The van der Waals surface area contributed by atoms with Gasteiger partial charge in [0.15, 0.2) is 0 Å². The highest BCUT2D eigenvalue weighted by Gasteiger charge is 2.20. The summed E-state index contributed by atoms with van der Waals surface area (Å²) in [5, 5.41) is 0.923. The molecular formula is C21H17NO3S. The molecule has 0 radical (unpaired) electrons. The summed E-state index contributed by atoms with van der Waals surface area (Å²) in [4.78, 5) is -0.0901. The van der Waals surface area contributed by atoms with Gasteiger partial charge in [0.2, 0.25) is 0 Å². The summed E-state index contributed by atoms with van der Waals surface area (Å²) >= 11 is 0. The predicted molar refractivity (Wildman–Crippen MR) is 103 cm³/mol. The van der Waals surface area contributed by atoms with Gasteiger partial charge in [0.1, 0.15) is 4.90 Å². The Balaban J connectivity index is 2.08. The molecule has 1 heterocycles. The van der Waals surface area contributed by atoms with Gasteiger partial charge in [-0.3, -0.25) is 4.55 Å². The Labute approximate surface area is 152 Å². The minimum atomic E-state index is -4.32. The first-order valence-corrected chi connectivity index (χ1v) is 9.64. The molecule has 4 rings (SSSR count). The molecule has 130 valence electrons. The van der Waals surface area contributed by atoms with Gasteiger partial charge in [-0.1, -0.05) is 54.6 Å². The average Bonchev–Trinajstić information content (AvgIpc) is 3.01. The summed E-state index contributed by atoms with van der Waals surface area (Å²) in [7, 11) is -4.32. The monoisotopic (exact) mass is 363 g/mol. The molecule has 1 N–H and O–H groups in total. The lowest BCUT2D eigenvalue weighted by molar-refractivity contribution is 0.483. The van der Waals surface area contributed by atoms with Crippen LogP contribution in [-0.4, -0.2) is 17.5 Å². The van der Waals surface area contributed by atoms with Gasteiger partial charge in [0.25, 0.3) is 10.1 Å². The maximum Gasteiger partial charge on any atom is 0.295 e. The van der Waals surface area contributed by atoms with Crippen molar-refractivity contribution < 1.29 is 13.0 Å². The van der Waals surface area contributed by atoms with Crippen LogP contribution in [0.1, 0.15) is 5.56 Å². The molecule has 0 atom stereocenters. The molecular weight excluding hydrogens is 346 g/mol. The van der Waals surface area contributed by atoms with Crippen LogP contribution in [0.2, 0.25) is 0 Å². The van der Waals surface area contributed by atoms with E-state index < -0.39 is 10.1 Å². The van der Waals surface area contributed by atoms with Gasteiger partial charge < -0.3 is 4.57 Å². The molecule has 5 heteroatoms. The highest BCUT2D eigenvalue weighted by atomic mass is 32.2. The van der Waals surface area contributed by atoms with Crippen LogP contribution in [0.25, 0.3) is 27.7 Å². The summed E-state index contributed by atoms with van der Waals surface area (Å²) in [6, 6.07) is 22.4. The number of benzene rings is 3. The van der Waals surface area contributed by atoms with Crippen molar-refractivity contribution in [3.8, 4) is 16.8 Å². The topological polar surface area (TPSA) is 59.3 Å². The average molecular weight is 363 g/mol. The van der Waals surface area contributed by atoms with E-state index in [2.05, 4.69) is 4.57 Å². The standard InChI is InChI=1S/C21H17NO3S/c1-15-8-2-5-11-19(15)22-14-18(16-9-3-6-12-20(16)22)17-10-4-7-13-21(17)26(23,24)25/h2-14H,1H3,(H,23,24,25). The van der Waals surface area contributed by atoms with Crippen LogP contribution in [0.15, 0.2) is 83.9 Å². The van der Waals surface area contributed by atoms with Gasteiger partial charge in [0.05, 0.1) is 5.52 Å². The minimum absolute atomic E-state index is 0.0901. The van der Waals surface area contributed by atoms with Gasteiger partial charge in [-0.15, -0.1) is 0 Å². The zero-order valence-electron chi connectivity index (χ0n) is 14.1. The van der Waals surface area contributed by atoms with Crippen molar-refractivity contribution >= 4 is 21.0 Å². The van der Waals surface area contributed by atoms with Crippen LogP contribution >= 0.6 is 0 Å². The molecule has 26 heavy (non-hydrogen) atoms.